The number of aromatic nitrogens is 2. The lowest BCUT2D eigenvalue weighted by atomic mass is 9.97. The lowest BCUT2D eigenvalue weighted by Crippen LogP contribution is -2.36. The second-order valence-corrected chi connectivity index (χ2v) is 5.06. The van der Waals surface area contributed by atoms with E-state index in [2.05, 4.69) is 9.88 Å². The molecule has 1 aliphatic rings. The third-order valence-corrected chi connectivity index (χ3v) is 3.80. The summed E-state index contributed by atoms with van der Waals surface area (Å²) >= 11 is 0. The average Bonchev–Trinajstić information content (AvgIpc) is 3.02. The van der Waals surface area contributed by atoms with Gasteiger partial charge in [0.1, 0.15) is 5.82 Å². The molecule has 1 fully saturated rings. The Hall–Kier alpha value is -2.30. The maximum atomic E-state index is 10.9. The molecule has 3 rings (SSSR count). The molecule has 1 saturated heterocycles. The van der Waals surface area contributed by atoms with Crippen LogP contribution in [0.15, 0.2) is 42.9 Å². The molecule has 20 heavy (non-hydrogen) atoms. The van der Waals surface area contributed by atoms with Gasteiger partial charge in [0.25, 0.3) is 0 Å². The van der Waals surface area contributed by atoms with Crippen LogP contribution in [0.2, 0.25) is 0 Å². The van der Waals surface area contributed by atoms with Gasteiger partial charge in [0.15, 0.2) is 0 Å². The zero-order valence-electron chi connectivity index (χ0n) is 11.1. The Morgan fingerprint density at radius 1 is 1.20 bits per heavy atom. The monoisotopic (exact) mass is 271 g/mol. The number of piperidine rings is 1. The number of carboxylic acid groups (broad SMARTS) is 1. The molecule has 0 saturated carbocycles. The van der Waals surface area contributed by atoms with Gasteiger partial charge in [-0.15, -0.1) is 0 Å². The van der Waals surface area contributed by atoms with E-state index in [1.807, 2.05) is 47.4 Å². The zero-order chi connectivity index (χ0) is 13.9. The normalized spacial score (nSPS) is 16.3. The number of carbonyl (C=O) groups is 1. The Morgan fingerprint density at radius 3 is 2.45 bits per heavy atom. The third kappa shape index (κ3) is 2.52. The Balaban J connectivity index is 1.68. The van der Waals surface area contributed by atoms with Gasteiger partial charge in [0.05, 0.1) is 17.8 Å². The Kier molecular flexibility index (Phi) is 3.41. The van der Waals surface area contributed by atoms with Gasteiger partial charge in [-0.2, -0.15) is 0 Å². The van der Waals surface area contributed by atoms with Crippen LogP contribution in [0.25, 0.3) is 5.69 Å². The number of hydrogen-bond acceptors (Lipinski definition) is 3. The minimum absolute atomic E-state index is 0.203. The standard InChI is InChI=1S/C15H17N3O2/c19-15(20)12-5-9-18(10-6-12)14-4-3-13(11-16-14)17-7-1-2-8-17/h1-4,7-8,11-12H,5-6,9-10H2,(H,19,20). The highest BCUT2D eigenvalue weighted by atomic mass is 16.4. The molecule has 0 radical (unpaired) electrons. The van der Waals surface area contributed by atoms with Crippen molar-refractivity contribution in [1.82, 2.24) is 9.55 Å². The van der Waals surface area contributed by atoms with Gasteiger partial charge < -0.3 is 14.6 Å². The number of nitrogens with zero attached hydrogens (tertiary/aromatic N) is 3. The summed E-state index contributed by atoms with van der Waals surface area (Å²) in [6.07, 6.45) is 7.19. The highest BCUT2D eigenvalue weighted by Crippen LogP contribution is 2.22. The van der Waals surface area contributed by atoms with E-state index < -0.39 is 5.97 Å². The molecule has 5 nitrogen and oxygen atoms in total. The van der Waals surface area contributed by atoms with Crippen LogP contribution in [-0.4, -0.2) is 33.7 Å². The summed E-state index contributed by atoms with van der Waals surface area (Å²) in [7, 11) is 0. The number of anilines is 1. The van der Waals surface area contributed by atoms with Crippen LogP contribution in [0.4, 0.5) is 5.82 Å². The van der Waals surface area contributed by atoms with Crippen molar-refractivity contribution in [3.63, 3.8) is 0 Å². The van der Waals surface area contributed by atoms with E-state index in [0.717, 1.165) is 24.6 Å². The minimum Gasteiger partial charge on any atom is -0.481 e. The lowest BCUT2D eigenvalue weighted by Gasteiger charge is -2.31. The minimum atomic E-state index is -0.680. The van der Waals surface area contributed by atoms with Crippen LogP contribution >= 0.6 is 0 Å². The fourth-order valence-electron chi connectivity index (χ4n) is 2.58. The number of aliphatic carboxylic acids is 1. The van der Waals surface area contributed by atoms with Gasteiger partial charge in [-0.3, -0.25) is 4.79 Å². The molecule has 0 atom stereocenters. The smallest absolute Gasteiger partial charge is 0.306 e. The SMILES string of the molecule is O=C(O)C1CCN(c2ccc(-n3cccc3)cn2)CC1. The second-order valence-electron chi connectivity index (χ2n) is 5.06. The van der Waals surface area contributed by atoms with Gasteiger partial charge in [-0.25, -0.2) is 4.98 Å². The Labute approximate surface area is 117 Å². The van der Waals surface area contributed by atoms with E-state index in [0.29, 0.717) is 12.8 Å². The van der Waals surface area contributed by atoms with E-state index in [-0.39, 0.29) is 5.92 Å². The summed E-state index contributed by atoms with van der Waals surface area (Å²) in [5, 5.41) is 9.00. The highest BCUT2D eigenvalue weighted by molar-refractivity contribution is 5.70. The maximum Gasteiger partial charge on any atom is 0.306 e. The fourth-order valence-corrected chi connectivity index (χ4v) is 2.58. The third-order valence-electron chi connectivity index (χ3n) is 3.80. The topological polar surface area (TPSA) is 58.4 Å². The van der Waals surface area contributed by atoms with Crippen LogP contribution in [0.1, 0.15) is 12.8 Å². The molecular formula is C15H17N3O2. The molecule has 0 bridgehead atoms. The van der Waals surface area contributed by atoms with Crippen molar-refractivity contribution in [1.29, 1.82) is 0 Å². The van der Waals surface area contributed by atoms with Crippen LogP contribution in [0, 0.1) is 5.92 Å². The molecule has 0 aromatic carbocycles. The first-order chi connectivity index (χ1) is 9.74. The van der Waals surface area contributed by atoms with Crippen molar-refractivity contribution in [3.8, 4) is 5.69 Å². The van der Waals surface area contributed by atoms with Crippen molar-refractivity contribution in [3.05, 3.63) is 42.9 Å². The predicted octanol–water partition coefficient (Wildman–Crippen LogP) is 2.17. The van der Waals surface area contributed by atoms with E-state index >= 15 is 0 Å². The zero-order valence-corrected chi connectivity index (χ0v) is 11.1. The quantitative estimate of drug-likeness (QED) is 0.929. The molecule has 0 unspecified atom stereocenters. The van der Waals surface area contributed by atoms with Gasteiger partial charge >= 0.3 is 5.97 Å². The fraction of sp³-hybridized carbons (Fsp3) is 0.333. The molecule has 0 aliphatic carbocycles. The molecule has 5 heteroatoms. The number of pyridine rings is 1. The van der Waals surface area contributed by atoms with Gasteiger partial charge in [0.2, 0.25) is 0 Å². The summed E-state index contributed by atoms with van der Waals surface area (Å²) in [5.41, 5.74) is 1.03. The molecule has 1 aliphatic heterocycles. The summed E-state index contributed by atoms with van der Waals surface area (Å²) < 4.78 is 2.01. The summed E-state index contributed by atoms with van der Waals surface area (Å²) in [5.74, 6) is 0.0377. The number of carboxylic acids is 1. The van der Waals surface area contributed by atoms with Crippen molar-refractivity contribution in [2.75, 3.05) is 18.0 Å². The van der Waals surface area contributed by atoms with Crippen molar-refractivity contribution in [2.45, 2.75) is 12.8 Å². The first-order valence-corrected chi connectivity index (χ1v) is 6.81. The molecule has 2 aromatic rings. The van der Waals surface area contributed by atoms with Gasteiger partial charge in [0, 0.05) is 25.5 Å². The highest BCUT2D eigenvalue weighted by Gasteiger charge is 2.24. The van der Waals surface area contributed by atoms with Crippen molar-refractivity contribution in [2.24, 2.45) is 5.92 Å². The molecular weight excluding hydrogens is 254 g/mol. The Bertz CT molecular complexity index is 570. The number of rotatable bonds is 3. The molecule has 0 amide bonds. The van der Waals surface area contributed by atoms with Crippen LogP contribution in [0.3, 0.4) is 0 Å². The molecule has 2 aromatic heterocycles. The summed E-state index contributed by atoms with van der Waals surface area (Å²) in [6.45, 7) is 1.51. The van der Waals surface area contributed by atoms with E-state index in [9.17, 15) is 4.79 Å². The van der Waals surface area contributed by atoms with Crippen LogP contribution < -0.4 is 4.90 Å². The average molecular weight is 271 g/mol. The molecule has 104 valence electrons. The van der Waals surface area contributed by atoms with E-state index in [1.165, 1.54) is 0 Å². The van der Waals surface area contributed by atoms with Crippen LogP contribution in [0.5, 0.6) is 0 Å². The van der Waals surface area contributed by atoms with Crippen LogP contribution in [-0.2, 0) is 4.79 Å². The van der Waals surface area contributed by atoms with Gasteiger partial charge in [-0.05, 0) is 37.1 Å². The summed E-state index contributed by atoms with van der Waals surface area (Å²) in [4.78, 5) is 17.6. The van der Waals surface area contributed by atoms with Crippen molar-refractivity contribution < 1.29 is 9.90 Å². The number of hydrogen-bond donors (Lipinski definition) is 1. The first kappa shape index (κ1) is 12.7. The Morgan fingerprint density at radius 2 is 1.90 bits per heavy atom. The second kappa shape index (κ2) is 5.36. The van der Waals surface area contributed by atoms with E-state index in [4.69, 9.17) is 5.11 Å². The molecule has 1 N–H and O–H groups in total. The first-order valence-electron chi connectivity index (χ1n) is 6.81. The predicted molar refractivity (Wildman–Crippen MR) is 76.1 cm³/mol. The molecule has 0 spiro atoms. The van der Waals surface area contributed by atoms with Gasteiger partial charge in [-0.1, -0.05) is 0 Å². The summed E-state index contributed by atoms with van der Waals surface area (Å²) in [6, 6.07) is 7.98. The largest absolute Gasteiger partial charge is 0.481 e. The van der Waals surface area contributed by atoms with Crippen molar-refractivity contribution >= 4 is 11.8 Å². The molecule has 3 heterocycles. The lowest BCUT2D eigenvalue weighted by molar-refractivity contribution is -0.142. The van der Waals surface area contributed by atoms with E-state index in [1.54, 1.807) is 0 Å². The maximum absolute atomic E-state index is 10.9.